The highest BCUT2D eigenvalue weighted by atomic mass is 19.1. The summed E-state index contributed by atoms with van der Waals surface area (Å²) in [4.78, 5) is 21.7. The van der Waals surface area contributed by atoms with E-state index in [0.29, 0.717) is 57.2 Å². The van der Waals surface area contributed by atoms with Gasteiger partial charge in [0.15, 0.2) is 0 Å². The Hall–Kier alpha value is -3.10. The molecule has 5 aliphatic rings. The fourth-order valence-electron chi connectivity index (χ4n) is 9.90. The number of likely N-dealkylation sites (tertiary alicyclic amines) is 3. The van der Waals surface area contributed by atoms with Crippen LogP contribution >= 0.6 is 0 Å². The Kier molecular flexibility index (Phi) is 10.00. The van der Waals surface area contributed by atoms with E-state index in [9.17, 15) is 23.9 Å². The molecule has 0 amide bonds. The molecule has 1 aliphatic carbocycles. The number of hydrogen-bond acceptors (Lipinski definition) is 8. The number of ether oxygens (including phenoxy) is 1. The zero-order valence-corrected chi connectivity index (χ0v) is 28.8. The maximum atomic E-state index is 15.0. The zero-order chi connectivity index (χ0) is 34.2. The van der Waals surface area contributed by atoms with Gasteiger partial charge in [0.05, 0.1) is 18.7 Å². The second-order valence-electron chi connectivity index (χ2n) is 15.6. The Labute approximate surface area is 289 Å². The number of piperidine rings is 1. The van der Waals surface area contributed by atoms with Crippen LogP contribution in [0, 0.1) is 34.9 Å². The topological polar surface area (TPSA) is 83.3 Å². The van der Waals surface area contributed by atoms with Gasteiger partial charge >= 0.3 is 5.97 Å². The molecule has 4 heterocycles. The summed E-state index contributed by atoms with van der Waals surface area (Å²) in [6.07, 6.45) is 5.84. The number of nitrogens with zero attached hydrogens (tertiary/aromatic N) is 5. The Morgan fingerprint density at radius 3 is 2.45 bits per heavy atom. The first-order chi connectivity index (χ1) is 23.7. The van der Waals surface area contributed by atoms with Crippen LogP contribution in [0.25, 0.3) is 0 Å². The van der Waals surface area contributed by atoms with Crippen LogP contribution in [0.4, 0.5) is 14.5 Å². The minimum atomic E-state index is -0.825. The van der Waals surface area contributed by atoms with Crippen LogP contribution in [0.2, 0.25) is 0 Å². The lowest BCUT2D eigenvalue weighted by atomic mass is 9.56. The third kappa shape index (κ3) is 7.10. The first-order valence-electron chi connectivity index (χ1n) is 18.3. The molecule has 1 N–H and O–H groups in total. The molecule has 1 saturated carbocycles. The highest BCUT2D eigenvalue weighted by Crippen LogP contribution is 2.54. The van der Waals surface area contributed by atoms with Crippen molar-refractivity contribution in [3.05, 3.63) is 65.0 Å². The van der Waals surface area contributed by atoms with E-state index in [1.165, 1.54) is 19.6 Å². The summed E-state index contributed by atoms with van der Waals surface area (Å²) >= 11 is 0. The fraction of sp³-hybridized carbons (Fsp3) is 0.641. The summed E-state index contributed by atoms with van der Waals surface area (Å²) in [6, 6.07) is 15.4. The molecular formula is C39H51F2N5O3. The number of alkyl halides is 1. The van der Waals surface area contributed by atoms with E-state index in [4.69, 9.17) is 4.74 Å². The van der Waals surface area contributed by atoms with Crippen molar-refractivity contribution in [3.8, 4) is 6.07 Å². The maximum absolute atomic E-state index is 15.0. The molecule has 5 fully saturated rings. The highest BCUT2D eigenvalue weighted by molar-refractivity contribution is 5.69. The van der Waals surface area contributed by atoms with Crippen LogP contribution in [-0.4, -0.2) is 110 Å². The quantitative estimate of drug-likeness (QED) is 0.324. The second-order valence-corrected chi connectivity index (χ2v) is 15.6. The van der Waals surface area contributed by atoms with Gasteiger partial charge in [-0.2, -0.15) is 5.26 Å². The van der Waals surface area contributed by atoms with Crippen molar-refractivity contribution >= 4 is 11.7 Å². The van der Waals surface area contributed by atoms with Crippen molar-refractivity contribution in [2.24, 2.45) is 17.8 Å². The average Bonchev–Trinajstić information content (AvgIpc) is 3.51. The number of benzene rings is 2. The van der Waals surface area contributed by atoms with Crippen LogP contribution in [-0.2, 0) is 21.5 Å². The van der Waals surface area contributed by atoms with E-state index < -0.39 is 11.8 Å². The Morgan fingerprint density at radius 1 is 1.02 bits per heavy atom. The predicted octanol–water partition coefficient (Wildman–Crippen LogP) is 4.74. The number of anilines is 1. The van der Waals surface area contributed by atoms with Gasteiger partial charge < -0.3 is 24.5 Å². The van der Waals surface area contributed by atoms with Crippen LogP contribution in [0.3, 0.4) is 0 Å². The number of nitriles is 1. The molecule has 0 radical (unpaired) electrons. The molecule has 4 saturated heterocycles. The molecule has 49 heavy (non-hydrogen) atoms. The molecule has 7 rings (SSSR count). The average molecular weight is 676 g/mol. The number of carbonyl (C=O) groups is 1. The van der Waals surface area contributed by atoms with Crippen LogP contribution in [0.1, 0.15) is 61.6 Å². The first kappa shape index (κ1) is 34.4. The zero-order valence-electron chi connectivity index (χ0n) is 28.8. The monoisotopic (exact) mass is 675 g/mol. The number of carbonyl (C=O) groups excluding carboxylic acids is 1. The van der Waals surface area contributed by atoms with Crippen molar-refractivity contribution in [2.45, 2.75) is 68.7 Å². The molecule has 10 heteroatoms. The molecule has 8 nitrogen and oxygen atoms in total. The van der Waals surface area contributed by atoms with Gasteiger partial charge in [0.1, 0.15) is 17.6 Å². The molecule has 0 bridgehead atoms. The van der Waals surface area contributed by atoms with Gasteiger partial charge in [-0.15, -0.1) is 0 Å². The summed E-state index contributed by atoms with van der Waals surface area (Å²) < 4.78 is 33.5. The van der Waals surface area contributed by atoms with Gasteiger partial charge in [-0.3, -0.25) is 9.69 Å². The largest absolute Gasteiger partial charge is 0.469 e. The third-order valence-electron chi connectivity index (χ3n) is 12.5. The van der Waals surface area contributed by atoms with Crippen LogP contribution < -0.4 is 4.90 Å². The predicted molar refractivity (Wildman–Crippen MR) is 184 cm³/mol. The minimum Gasteiger partial charge on any atom is -0.469 e. The summed E-state index contributed by atoms with van der Waals surface area (Å²) in [6.45, 7) is 7.76. The number of methoxy groups -OCH3 is 1. The molecule has 0 aromatic heterocycles. The number of esters is 1. The van der Waals surface area contributed by atoms with E-state index in [1.807, 2.05) is 29.2 Å². The number of aliphatic hydroxyl groups is 1. The SMILES string of the molecule is COC(=O)C[C@H]1CCC[C@@H]1[C@](CN1CCC1)(c1cccc(F)c1)C1CCN(CC2(O)CN(c3ccc(C#N)c(CN4CC(F)C4)c3)C2)CC1. The van der Waals surface area contributed by atoms with Gasteiger partial charge in [-0.05, 0) is 117 Å². The van der Waals surface area contributed by atoms with Crippen molar-refractivity contribution in [1.82, 2.24) is 14.7 Å². The lowest BCUT2D eigenvalue weighted by Gasteiger charge is -2.55. The maximum Gasteiger partial charge on any atom is 0.305 e. The van der Waals surface area contributed by atoms with Crippen molar-refractivity contribution in [3.63, 3.8) is 0 Å². The number of hydrogen-bond donors (Lipinski definition) is 1. The molecule has 0 unspecified atom stereocenters. The smallest absolute Gasteiger partial charge is 0.305 e. The molecule has 3 atom stereocenters. The molecule has 4 aliphatic heterocycles. The third-order valence-corrected chi connectivity index (χ3v) is 12.5. The van der Waals surface area contributed by atoms with E-state index >= 15 is 0 Å². The van der Waals surface area contributed by atoms with E-state index in [0.717, 1.165) is 81.6 Å². The standard InChI is InChI=1S/C39H51F2N5O3/c1-49-37(47)18-28-5-2-8-36(28)39(27-43-13-4-14-43,32-6-3-7-33(40)19-32)31-11-15-44(16-12-31)24-38(48)25-46(26-38)35-10-9-29(20-42)30(17-35)21-45-22-34(41)23-45/h3,6-7,9-10,17,19,28,31,34,36,48H,2,4-5,8,11-16,18,21-27H2,1H3/t28-,36+,39+/m1/s1. The number of rotatable bonds is 12. The van der Waals surface area contributed by atoms with Crippen LogP contribution in [0.15, 0.2) is 42.5 Å². The van der Waals surface area contributed by atoms with Gasteiger partial charge in [0, 0.05) is 63.3 Å². The lowest BCUT2D eigenvalue weighted by molar-refractivity contribution is -0.142. The fourth-order valence-corrected chi connectivity index (χ4v) is 9.90. The first-order valence-corrected chi connectivity index (χ1v) is 18.3. The Morgan fingerprint density at radius 2 is 1.80 bits per heavy atom. The van der Waals surface area contributed by atoms with E-state index in [2.05, 4.69) is 26.8 Å². The Balaban J connectivity index is 1.04. The summed E-state index contributed by atoms with van der Waals surface area (Å²) in [5.41, 5.74) is 2.49. The van der Waals surface area contributed by atoms with Gasteiger partial charge in [-0.1, -0.05) is 18.6 Å². The second kappa shape index (κ2) is 14.3. The van der Waals surface area contributed by atoms with Gasteiger partial charge in [0.2, 0.25) is 0 Å². The normalized spacial score (nSPS) is 26.3. The van der Waals surface area contributed by atoms with E-state index in [-0.39, 0.29) is 29.0 Å². The Bertz CT molecular complexity index is 1530. The number of halogens is 2. The summed E-state index contributed by atoms with van der Waals surface area (Å²) in [5, 5.41) is 21.2. The summed E-state index contributed by atoms with van der Waals surface area (Å²) in [7, 11) is 1.47. The highest BCUT2D eigenvalue weighted by Gasteiger charge is 2.53. The van der Waals surface area contributed by atoms with Crippen LogP contribution in [0.5, 0.6) is 0 Å². The molecular weight excluding hydrogens is 624 g/mol. The lowest BCUT2D eigenvalue weighted by Crippen LogP contribution is -2.67. The van der Waals surface area contributed by atoms with Crippen molar-refractivity contribution in [2.75, 3.05) is 77.5 Å². The number of β-amino-alcohol motifs (C(OH)–C–C–N with tert-alkyl or cyclic N) is 1. The van der Waals surface area contributed by atoms with Gasteiger partial charge in [-0.25, -0.2) is 8.78 Å². The molecule has 0 spiro atoms. The molecule has 2 aromatic carbocycles. The summed E-state index contributed by atoms with van der Waals surface area (Å²) in [5.74, 6) is 0.455. The minimum absolute atomic E-state index is 0.157. The van der Waals surface area contributed by atoms with E-state index in [1.54, 1.807) is 6.07 Å². The van der Waals surface area contributed by atoms with Gasteiger partial charge in [0.25, 0.3) is 0 Å². The van der Waals surface area contributed by atoms with Crippen molar-refractivity contribution in [1.29, 1.82) is 5.26 Å². The molecule has 2 aromatic rings. The van der Waals surface area contributed by atoms with Crippen molar-refractivity contribution < 1.29 is 23.4 Å². The molecule has 264 valence electrons.